The minimum atomic E-state index is 0.0534. The molecule has 2 aromatic heterocycles. The summed E-state index contributed by atoms with van der Waals surface area (Å²) in [6.45, 7) is 3.92. The monoisotopic (exact) mass is 229 g/mol. The van der Waals surface area contributed by atoms with E-state index < -0.39 is 0 Å². The Labute approximate surface area is 99.7 Å². The van der Waals surface area contributed by atoms with Gasteiger partial charge < -0.3 is 10.3 Å². The molecule has 0 aliphatic heterocycles. The predicted octanol–water partition coefficient (Wildman–Crippen LogP) is 1.31. The second kappa shape index (κ2) is 4.51. The molecule has 0 aromatic carbocycles. The quantitative estimate of drug-likeness (QED) is 0.844. The lowest BCUT2D eigenvalue weighted by molar-refractivity contribution is 0.836. The number of hydrogen-bond donors (Lipinski definition) is 1. The zero-order chi connectivity index (χ0) is 12.4. The third kappa shape index (κ3) is 1.99. The van der Waals surface area contributed by atoms with Crippen molar-refractivity contribution < 1.29 is 0 Å². The normalized spacial score (nSPS) is 10.5. The van der Waals surface area contributed by atoms with Gasteiger partial charge in [-0.15, -0.1) is 0 Å². The van der Waals surface area contributed by atoms with E-state index in [9.17, 15) is 4.79 Å². The summed E-state index contributed by atoms with van der Waals surface area (Å²) >= 11 is 0. The molecule has 0 unspecified atom stereocenters. The van der Waals surface area contributed by atoms with Crippen LogP contribution in [0.5, 0.6) is 0 Å². The summed E-state index contributed by atoms with van der Waals surface area (Å²) in [4.78, 5) is 16.1. The van der Waals surface area contributed by atoms with Crippen LogP contribution in [0, 0.1) is 13.8 Å². The molecule has 0 atom stereocenters. The molecule has 0 saturated carbocycles. The lowest BCUT2D eigenvalue weighted by atomic mass is 10.1. The Bertz CT molecular complexity index is 588. The smallest absolute Gasteiger partial charge is 0.187 e. The van der Waals surface area contributed by atoms with Crippen molar-refractivity contribution in [1.82, 2.24) is 9.55 Å². The van der Waals surface area contributed by atoms with E-state index in [2.05, 4.69) is 4.98 Å². The number of hydrogen-bond acceptors (Lipinski definition) is 3. The highest BCUT2D eigenvalue weighted by Crippen LogP contribution is 2.11. The van der Waals surface area contributed by atoms with E-state index in [1.165, 1.54) is 0 Å². The maximum atomic E-state index is 11.8. The minimum Gasteiger partial charge on any atom is -0.325 e. The second-order valence-electron chi connectivity index (χ2n) is 3.97. The highest BCUT2D eigenvalue weighted by Gasteiger charge is 2.10. The maximum Gasteiger partial charge on any atom is 0.187 e. The van der Waals surface area contributed by atoms with E-state index in [0.717, 1.165) is 11.5 Å². The van der Waals surface area contributed by atoms with Crippen molar-refractivity contribution in [2.75, 3.05) is 0 Å². The lowest BCUT2D eigenvalue weighted by Crippen LogP contribution is -2.21. The van der Waals surface area contributed by atoms with E-state index in [4.69, 9.17) is 5.73 Å². The predicted molar refractivity (Wildman–Crippen MR) is 67.2 cm³/mol. The summed E-state index contributed by atoms with van der Waals surface area (Å²) in [6, 6.07) is 5.65. The first kappa shape index (κ1) is 11.5. The Morgan fingerprint density at radius 1 is 1.35 bits per heavy atom. The van der Waals surface area contributed by atoms with Crippen LogP contribution < -0.4 is 11.2 Å². The van der Waals surface area contributed by atoms with Crippen molar-refractivity contribution >= 4 is 0 Å². The summed E-state index contributed by atoms with van der Waals surface area (Å²) < 4.78 is 1.88. The molecule has 17 heavy (non-hydrogen) atoms. The van der Waals surface area contributed by atoms with E-state index in [0.29, 0.717) is 17.7 Å². The molecule has 2 rings (SSSR count). The molecule has 4 heteroatoms. The fourth-order valence-electron chi connectivity index (χ4n) is 1.89. The van der Waals surface area contributed by atoms with E-state index in [-0.39, 0.29) is 5.43 Å². The largest absolute Gasteiger partial charge is 0.325 e. The van der Waals surface area contributed by atoms with Gasteiger partial charge >= 0.3 is 0 Å². The van der Waals surface area contributed by atoms with E-state index in [1.807, 2.05) is 22.8 Å². The molecule has 0 radical (unpaired) electrons. The molecule has 0 fully saturated rings. The molecule has 0 aliphatic rings. The van der Waals surface area contributed by atoms with Crippen LogP contribution in [0.25, 0.3) is 5.82 Å². The van der Waals surface area contributed by atoms with Crippen LogP contribution in [0.1, 0.15) is 16.8 Å². The SMILES string of the molecule is Cc1cn(-c2ccccn2)c(CN)c(C)c1=O. The van der Waals surface area contributed by atoms with Gasteiger partial charge in [0.2, 0.25) is 0 Å². The first-order valence-corrected chi connectivity index (χ1v) is 5.48. The van der Waals surface area contributed by atoms with Gasteiger partial charge in [0, 0.05) is 35.8 Å². The average Bonchev–Trinajstić information content (AvgIpc) is 2.36. The van der Waals surface area contributed by atoms with Crippen LogP contribution in [0.2, 0.25) is 0 Å². The van der Waals surface area contributed by atoms with Gasteiger partial charge in [-0.3, -0.25) is 4.79 Å². The first-order valence-electron chi connectivity index (χ1n) is 5.48. The Balaban J connectivity index is 2.74. The van der Waals surface area contributed by atoms with Gasteiger partial charge in [-0.05, 0) is 26.0 Å². The molecule has 0 bridgehead atoms. The topological polar surface area (TPSA) is 60.9 Å². The third-order valence-corrected chi connectivity index (χ3v) is 2.83. The van der Waals surface area contributed by atoms with Crippen molar-refractivity contribution in [3.63, 3.8) is 0 Å². The molecule has 0 saturated heterocycles. The van der Waals surface area contributed by atoms with Crippen molar-refractivity contribution in [3.8, 4) is 5.82 Å². The standard InChI is InChI=1S/C13H15N3O/c1-9-8-16(12-5-3-4-6-15-12)11(7-14)10(2)13(9)17/h3-6,8H,7,14H2,1-2H3. The van der Waals surface area contributed by atoms with Crippen molar-refractivity contribution in [2.24, 2.45) is 5.73 Å². The molecule has 2 N–H and O–H groups in total. The summed E-state index contributed by atoms with van der Waals surface area (Å²) in [5, 5.41) is 0. The summed E-state index contributed by atoms with van der Waals surface area (Å²) in [5.74, 6) is 0.777. The fraction of sp³-hybridized carbons (Fsp3) is 0.231. The van der Waals surface area contributed by atoms with Crippen molar-refractivity contribution in [1.29, 1.82) is 0 Å². The van der Waals surface area contributed by atoms with Crippen LogP contribution in [-0.2, 0) is 6.54 Å². The van der Waals surface area contributed by atoms with Crippen LogP contribution in [-0.4, -0.2) is 9.55 Å². The highest BCUT2D eigenvalue weighted by atomic mass is 16.1. The van der Waals surface area contributed by atoms with Crippen LogP contribution in [0.3, 0.4) is 0 Å². The Morgan fingerprint density at radius 3 is 2.71 bits per heavy atom. The maximum absolute atomic E-state index is 11.8. The van der Waals surface area contributed by atoms with Crippen molar-refractivity contribution in [3.05, 3.63) is 57.6 Å². The van der Waals surface area contributed by atoms with E-state index in [1.54, 1.807) is 26.2 Å². The van der Waals surface area contributed by atoms with Crippen LogP contribution in [0.15, 0.2) is 35.4 Å². The van der Waals surface area contributed by atoms with Gasteiger partial charge in [0.05, 0.1) is 0 Å². The number of aromatic nitrogens is 2. The van der Waals surface area contributed by atoms with Gasteiger partial charge in [-0.25, -0.2) is 4.98 Å². The molecular formula is C13H15N3O. The van der Waals surface area contributed by atoms with Crippen LogP contribution in [0.4, 0.5) is 0 Å². The number of nitrogens with zero attached hydrogens (tertiary/aromatic N) is 2. The first-order chi connectivity index (χ1) is 8.15. The molecule has 2 aromatic rings. The highest BCUT2D eigenvalue weighted by molar-refractivity contribution is 5.33. The Kier molecular flexibility index (Phi) is 3.06. The third-order valence-electron chi connectivity index (χ3n) is 2.83. The fourth-order valence-corrected chi connectivity index (χ4v) is 1.89. The summed E-state index contributed by atoms with van der Waals surface area (Å²) in [5.41, 5.74) is 7.97. The molecule has 0 spiro atoms. The zero-order valence-corrected chi connectivity index (χ0v) is 9.97. The Morgan fingerprint density at radius 2 is 2.12 bits per heavy atom. The number of pyridine rings is 2. The average molecular weight is 229 g/mol. The minimum absolute atomic E-state index is 0.0534. The molecule has 2 heterocycles. The molecule has 0 amide bonds. The number of nitrogens with two attached hydrogens (primary N) is 1. The molecule has 0 aliphatic carbocycles. The second-order valence-corrected chi connectivity index (χ2v) is 3.97. The Hall–Kier alpha value is -1.94. The van der Waals surface area contributed by atoms with Gasteiger partial charge in [0.1, 0.15) is 5.82 Å². The van der Waals surface area contributed by atoms with Gasteiger partial charge in [0.15, 0.2) is 5.43 Å². The van der Waals surface area contributed by atoms with E-state index >= 15 is 0 Å². The number of rotatable bonds is 2. The summed E-state index contributed by atoms with van der Waals surface area (Å²) in [7, 11) is 0. The molecule has 88 valence electrons. The zero-order valence-electron chi connectivity index (χ0n) is 9.97. The molecule has 4 nitrogen and oxygen atoms in total. The lowest BCUT2D eigenvalue weighted by Gasteiger charge is -2.14. The van der Waals surface area contributed by atoms with Gasteiger partial charge in [-0.1, -0.05) is 6.07 Å². The number of aryl methyl sites for hydroxylation is 1. The van der Waals surface area contributed by atoms with Gasteiger partial charge in [-0.2, -0.15) is 0 Å². The van der Waals surface area contributed by atoms with Crippen molar-refractivity contribution in [2.45, 2.75) is 20.4 Å². The van der Waals surface area contributed by atoms with Crippen LogP contribution >= 0.6 is 0 Å². The van der Waals surface area contributed by atoms with Gasteiger partial charge in [0.25, 0.3) is 0 Å². The summed E-state index contributed by atoms with van der Waals surface area (Å²) in [6.07, 6.45) is 3.51. The molecular weight excluding hydrogens is 214 g/mol.